The van der Waals surface area contributed by atoms with Gasteiger partial charge >= 0.3 is 58.4 Å². The fourth-order valence-electron chi connectivity index (χ4n) is 1.57. The van der Waals surface area contributed by atoms with Crippen LogP contribution < -0.4 is 51.4 Å². The zero-order valence-corrected chi connectivity index (χ0v) is 13.3. The van der Waals surface area contributed by atoms with Crippen LogP contribution in [0.25, 0.3) is 10.9 Å². The molecule has 0 spiro atoms. The number of halogens is 4. The maximum atomic E-state index is 12.3. The maximum absolute atomic E-state index is 12.3. The molecule has 0 aliphatic heterocycles. The number of nitrogens with zero attached hydrogens (tertiary/aromatic N) is 1. The molecule has 16 heavy (non-hydrogen) atoms. The summed E-state index contributed by atoms with van der Waals surface area (Å²) in [5.41, 5.74) is 0.601. The molecule has 0 N–H and O–H groups in total. The monoisotopic (exact) mass is 315 g/mol. The van der Waals surface area contributed by atoms with Gasteiger partial charge in [-0.3, -0.25) is 0 Å². The summed E-state index contributed by atoms with van der Waals surface area (Å²) in [5.74, 6) is 0. The molecule has 0 atom stereocenters. The van der Waals surface area contributed by atoms with Crippen molar-refractivity contribution in [3.05, 3.63) is 34.9 Å². The third kappa shape index (κ3) is 3.36. The summed E-state index contributed by atoms with van der Waals surface area (Å²) in [6.45, 7) is -4.80. The standard InChI is InChI=1S/C9H7BBrF3N.K/c11-8-2-1-3-9-7(8)4-5-15(9)6-10(12,13)14;/h1-5H,6H2;/q-1;+1. The Morgan fingerprint density at radius 3 is 2.50 bits per heavy atom. The van der Waals surface area contributed by atoms with Gasteiger partial charge in [0.1, 0.15) is 0 Å². The van der Waals surface area contributed by atoms with E-state index in [4.69, 9.17) is 0 Å². The molecule has 80 valence electrons. The van der Waals surface area contributed by atoms with Gasteiger partial charge in [-0.1, -0.05) is 22.0 Å². The van der Waals surface area contributed by atoms with Crippen LogP contribution in [0.4, 0.5) is 12.9 Å². The van der Waals surface area contributed by atoms with Crippen LogP contribution in [0.2, 0.25) is 0 Å². The van der Waals surface area contributed by atoms with Crippen LogP contribution >= 0.6 is 15.9 Å². The molecule has 0 radical (unpaired) electrons. The molecule has 7 heteroatoms. The quantitative estimate of drug-likeness (QED) is 0.722. The molecule has 0 bridgehead atoms. The zero-order chi connectivity index (χ0) is 11.1. The van der Waals surface area contributed by atoms with Gasteiger partial charge < -0.3 is 17.5 Å². The molecule has 1 nitrogen and oxygen atoms in total. The van der Waals surface area contributed by atoms with Crippen molar-refractivity contribution in [3.8, 4) is 0 Å². The van der Waals surface area contributed by atoms with Crippen molar-refractivity contribution in [3.63, 3.8) is 0 Å². The first-order chi connectivity index (χ1) is 6.97. The summed E-state index contributed by atoms with van der Waals surface area (Å²) < 4.78 is 38.9. The first kappa shape index (κ1) is 14.8. The van der Waals surface area contributed by atoms with Gasteiger partial charge in [0.25, 0.3) is 0 Å². The fourth-order valence-corrected chi connectivity index (χ4v) is 2.06. The summed E-state index contributed by atoms with van der Waals surface area (Å²) >= 11 is 3.30. The molecule has 2 aromatic rings. The predicted molar refractivity (Wildman–Crippen MR) is 58.7 cm³/mol. The fraction of sp³-hybridized carbons (Fsp3) is 0.111. The average molecular weight is 316 g/mol. The minimum atomic E-state index is -4.80. The van der Waals surface area contributed by atoms with E-state index in [1.165, 1.54) is 10.8 Å². The Morgan fingerprint density at radius 2 is 1.88 bits per heavy atom. The molecule has 1 aromatic heterocycles. The van der Waals surface area contributed by atoms with Crippen LogP contribution in [0.15, 0.2) is 34.9 Å². The summed E-state index contributed by atoms with van der Waals surface area (Å²) in [5, 5.41) is 0.803. The third-order valence-corrected chi connectivity index (χ3v) is 2.86. The number of rotatable bonds is 2. The van der Waals surface area contributed by atoms with Gasteiger partial charge in [0.15, 0.2) is 0 Å². The van der Waals surface area contributed by atoms with E-state index in [-0.39, 0.29) is 51.4 Å². The van der Waals surface area contributed by atoms with Crippen molar-refractivity contribution in [1.29, 1.82) is 0 Å². The Labute approximate surface area is 142 Å². The first-order valence-corrected chi connectivity index (χ1v) is 5.21. The minimum Gasteiger partial charge on any atom is -0.448 e. The van der Waals surface area contributed by atoms with Gasteiger partial charge in [-0.2, -0.15) is 0 Å². The second kappa shape index (κ2) is 5.58. The molecule has 0 amide bonds. The van der Waals surface area contributed by atoms with Crippen molar-refractivity contribution in [2.24, 2.45) is 0 Å². The second-order valence-electron chi connectivity index (χ2n) is 3.35. The molecule has 1 aromatic carbocycles. The summed E-state index contributed by atoms with van der Waals surface area (Å²) in [4.78, 5) is 0. The maximum Gasteiger partial charge on any atom is 1.00 e. The van der Waals surface area contributed by atoms with E-state index in [0.717, 1.165) is 9.86 Å². The van der Waals surface area contributed by atoms with Gasteiger partial charge in [-0.25, -0.2) is 0 Å². The summed E-state index contributed by atoms with van der Waals surface area (Å²) in [6.07, 6.45) is 0.574. The van der Waals surface area contributed by atoms with Crippen molar-refractivity contribution in [2.75, 3.05) is 0 Å². The SMILES string of the molecule is F[B-](F)(F)Cn1ccc2c(Br)cccc21.[K+]. The number of hydrogen-bond acceptors (Lipinski definition) is 0. The van der Waals surface area contributed by atoms with Crippen molar-refractivity contribution in [1.82, 2.24) is 4.57 Å². The first-order valence-electron chi connectivity index (χ1n) is 4.42. The average Bonchev–Trinajstić information content (AvgIpc) is 2.48. The van der Waals surface area contributed by atoms with Crippen molar-refractivity contribution in [2.45, 2.75) is 6.44 Å². The van der Waals surface area contributed by atoms with Gasteiger partial charge in [0, 0.05) is 21.6 Å². The predicted octanol–water partition coefficient (Wildman–Crippen LogP) is 0.794. The Morgan fingerprint density at radius 1 is 1.19 bits per heavy atom. The van der Waals surface area contributed by atoms with Crippen LogP contribution in [0.1, 0.15) is 0 Å². The molecule has 0 fully saturated rings. The van der Waals surface area contributed by atoms with E-state index in [1.807, 2.05) is 6.07 Å². The molecule has 0 saturated heterocycles. The molecular weight excluding hydrogens is 309 g/mol. The van der Waals surface area contributed by atoms with E-state index in [2.05, 4.69) is 15.9 Å². The number of benzene rings is 1. The normalized spacial score (nSPS) is 11.5. The van der Waals surface area contributed by atoms with Crippen LogP contribution in [0, 0.1) is 0 Å². The van der Waals surface area contributed by atoms with Crippen molar-refractivity contribution >= 4 is 33.8 Å². The van der Waals surface area contributed by atoms with Gasteiger partial charge in [0.05, 0.1) is 0 Å². The molecule has 1 heterocycles. The zero-order valence-electron chi connectivity index (χ0n) is 8.63. The number of aromatic nitrogens is 1. The number of fused-ring (bicyclic) bond motifs is 1. The molecule has 2 rings (SSSR count). The van der Waals surface area contributed by atoms with Gasteiger partial charge in [-0.15, -0.1) is 0 Å². The summed E-state index contributed by atoms with van der Waals surface area (Å²) in [6, 6.07) is 6.90. The Bertz CT molecular complexity index is 497. The van der Waals surface area contributed by atoms with Crippen LogP contribution in [0.3, 0.4) is 0 Å². The van der Waals surface area contributed by atoms with Gasteiger partial charge in [-0.05, 0) is 24.6 Å². The largest absolute Gasteiger partial charge is 1.00 e. The van der Waals surface area contributed by atoms with Crippen LogP contribution in [-0.4, -0.2) is 11.5 Å². The van der Waals surface area contributed by atoms with Crippen molar-refractivity contribution < 1.29 is 64.3 Å². The second-order valence-corrected chi connectivity index (χ2v) is 4.21. The molecular formula is C9H7BBrF3KN. The van der Waals surface area contributed by atoms with E-state index < -0.39 is 13.4 Å². The molecule has 0 unspecified atom stereocenters. The van der Waals surface area contributed by atoms with Gasteiger partial charge in [0.2, 0.25) is 0 Å². The molecule has 0 aliphatic rings. The van der Waals surface area contributed by atoms with E-state index in [1.54, 1.807) is 18.2 Å². The topological polar surface area (TPSA) is 4.93 Å². The third-order valence-electron chi connectivity index (χ3n) is 2.16. The Balaban J connectivity index is 0.00000128. The Kier molecular flexibility index (Phi) is 5.16. The van der Waals surface area contributed by atoms with Crippen LogP contribution in [0.5, 0.6) is 0 Å². The van der Waals surface area contributed by atoms with E-state index in [0.29, 0.717) is 5.52 Å². The minimum absolute atomic E-state index is 0. The van der Waals surface area contributed by atoms with Crippen LogP contribution in [-0.2, 0) is 6.44 Å². The smallest absolute Gasteiger partial charge is 0.448 e. The van der Waals surface area contributed by atoms with E-state index in [9.17, 15) is 12.9 Å². The number of hydrogen-bond donors (Lipinski definition) is 0. The Hall–Kier alpha value is 0.731. The molecule has 0 aliphatic carbocycles. The molecule has 0 saturated carbocycles. The summed E-state index contributed by atoms with van der Waals surface area (Å²) in [7, 11) is 0. The van der Waals surface area contributed by atoms with E-state index >= 15 is 0 Å².